The van der Waals surface area contributed by atoms with Crippen LogP contribution in [0, 0.1) is 47.3 Å². The summed E-state index contributed by atoms with van der Waals surface area (Å²) in [6.07, 6.45) is 21.4. The molecule has 9 fully saturated rings. The first-order chi connectivity index (χ1) is 15.4. The number of nitrogens with zero attached hydrogens (tertiary/aromatic N) is 2. The van der Waals surface area contributed by atoms with Crippen LogP contribution in [0.25, 0.3) is 0 Å². The summed E-state index contributed by atoms with van der Waals surface area (Å²) >= 11 is 0. The summed E-state index contributed by atoms with van der Waals surface area (Å²) in [6.45, 7) is 0. The van der Waals surface area contributed by atoms with Crippen molar-refractivity contribution in [2.45, 2.75) is 114 Å². The predicted octanol–water partition coefficient (Wildman–Crippen LogP) is 5.44. The first-order valence-corrected chi connectivity index (χ1v) is 14.2. The summed E-state index contributed by atoms with van der Waals surface area (Å²) in [6, 6.07) is 0. The van der Waals surface area contributed by atoms with Gasteiger partial charge in [0.05, 0.1) is 22.7 Å². The Balaban J connectivity index is 1.00. The lowest BCUT2D eigenvalue weighted by atomic mass is 9.53. The number of hydrogen-bond acceptors (Lipinski definition) is 2. The maximum Gasteiger partial charge on any atom is 0.0975 e. The highest BCUT2D eigenvalue weighted by molar-refractivity contribution is 5.85. The van der Waals surface area contributed by atoms with Crippen molar-refractivity contribution >= 4 is 11.7 Å². The molecule has 9 rings (SSSR count). The maximum absolute atomic E-state index is 6.71. The van der Waals surface area contributed by atoms with Crippen LogP contribution >= 0.6 is 0 Å². The lowest BCUT2D eigenvalue weighted by Gasteiger charge is -2.55. The molecule has 0 saturated heterocycles. The van der Waals surface area contributed by atoms with Crippen molar-refractivity contribution in [1.29, 1.82) is 0 Å². The topological polar surface area (TPSA) is 76.8 Å². The van der Waals surface area contributed by atoms with Crippen molar-refractivity contribution in [2.75, 3.05) is 0 Å². The Bertz CT molecular complexity index is 679. The molecule has 8 bridgehead atoms. The van der Waals surface area contributed by atoms with E-state index in [1.54, 1.807) is 0 Å². The van der Waals surface area contributed by atoms with Gasteiger partial charge in [-0.1, -0.05) is 0 Å². The fraction of sp³-hybridized carbons (Fsp3) is 0.929. The van der Waals surface area contributed by atoms with E-state index in [4.69, 9.17) is 21.5 Å². The third-order valence-electron chi connectivity index (χ3n) is 11.3. The van der Waals surface area contributed by atoms with Crippen molar-refractivity contribution in [3.05, 3.63) is 0 Å². The zero-order chi connectivity index (χ0) is 21.5. The minimum Gasteiger partial charge on any atom is -0.387 e. The fourth-order valence-electron chi connectivity index (χ4n) is 10.8. The zero-order valence-electron chi connectivity index (χ0n) is 20.0. The zero-order valence-corrected chi connectivity index (χ0v) is 20.0. The predicted molar refractivity (Wildman–Crippen MR) is 130 cm³/mol. The highest BCUT2D eigenvalue weighted by Crippen LogP contribution is 2.58. The Morgan fingerprint density at radius 3 is 0.969 bits per heavy atom. The lowest BCUT2D eigenvalue weighted by Crippen LogP contribution is -2.51. The fourth-order valence-corrected chi connectivity index (χ4v) is 10.8. The first-order valence-electron chi connectivity index (χ1n) is 14.2. The van der Waals surface area contributed by atoms with Gasteiger partial charge in [-0.3, -0.25) is 9.98 Å². The van der Waals surface area contributed by atoms with Crippen LogP contribution in [0.3, 0.4) is 0 Å². The SMILES string of the molecule is NC(=NC12CC3CC(CC(C3)C1)C2)C1CCC(C(N)=NC23CC4CC(CC(C4)C2)C3)CC1. The van der Waals surface area contributed by atoms with Crippen LogP contribution in [0.4, 0.5) is 0 Å². The molecule has 0 amide bonds. The van der Waals surface area contributed by atoms with E-state index in [0.29, 0.717) is 11.8 Å². The molecular weight excluding hydrogens is 392 g/mol. The molecule has 176 valence electrons. The Morgan fingerprint density at radius 1 is 0.469 bits per heavy atom. The van der Waals surface area contributed by atoms with E-state index in [-0.39, 0.29) is 11.1 Å². The summed E-state index contributed by atoms with van der Waals surface area (Å²) in [5, 5.41) is 0. The molecule has 4 N–H and O–H groups in total. The van der Waals surface area contributed by atoms with E-state index in [1.807, 2.05) is 0 Å². The van der Waals surface area contributed by atoms with Gasteiger partial charge in [0.2, 0.25) is 0 Å². The minimum atomic E-state index is 0.217. The van der Waals surface area contributed by atoms with Crippen LogP contribution in [0.2, 0.25) is 0 Å². The Kier molecular flexibility index (Phi) is 4.58. The number of rotatable bonds is 4. The van der Waals surface area contributed by atoms with Gasteiger partial charge < -0.3 is 11.5 Å². The third kappa shape index (κ3) is 3.45. The van der Waals surface area contributed by atoms with Crippen LogP contribution < -0.4 is 11.5 Å². The normalized spacial score (nSPS) is 54.4. The first kappa shape index (κ1) is 20.3. The van der Waals surface area contributed by atoms with Crippen molar-refractivity contribution in [2.24, 2.45) is 68.8 Å². The lowest BCUT2D eigenvalue weighted by molar-refractivity contribution is 0.000980. The molecule has 4 heteroatoms. The van der Waals surface area contributed by atoms with Gasteiger partial charge in [-0.25, -0.2) is 0 Å². The molecule has 32 heavy (non-hydrogen) atoms. The van der Waals surface area contributed by atoms with Gasteiger partial charge >= 0.3 is 0 Å². The molecule has 0 unspecified atom stereocenters. The number of aliphatic imine (C=N–C) groups is 2. The third-order valence-corrected chi connectivity index (χ3v) is 11.3. The number of nitrogens with two attached hydrogens (primary N) is 2. The maximum atomic E-state index is 6.71. The number of hydrogen-bond donors (Lipinski definition) is 2. The summed E-state index contributed by atoms with van der Waals surface area (Å²) in [5.41, 5.74) is 13.9. The van der Waals surface area contributed by atoms with E-state index >= 15 is 0 Å². The van der Waals surface area contributed by atoms with Gasteiger partial charge in [0.25, 0.3) is 0 Å². The van der Waals surface area contributed by atoms with E-state index in [1.165, 1.54) is 77.0 Å². The van der Waals surface area contributed by atoms with Crippen LogP contribution in [-0.2, 0) is 0 Å². The Hall–Kier alpha value is -1.06. The molecule has 0 atom stereocenters. The van der Waals surface area contributed by atoms with Crippen LogP contribution in [0.5, 0.6) is 0 Å². The molecule has 0 radical (unpaired) electrons. The second-order valence-corrected chi connectivity index (χ2v) is 13.9. The molecule has 9 saturated carbocycles. The molecule has 0 heterocycles. The average Bonchev–Trinajstić information content (AvgIpc) is 2.71. The quantitative estimate of drug-likeness (QED) is 0.454. The van der Waals surface area contributed by atoms with E-state index in [0.717, 1.165) is 72.9 Å². The molecule has 4 nitrogen and oxygen atoms in total. The van der Waals surface area contributed by atoms with Crippen molar-refractivity contribution in [1.82, 2.24) is 0 Å². The highest BCUT2D eigenvalue weighted by atomic mass is 15.0. The Morgan fingerprint density at radius 2 is 0.719 bits per heavy atom. The molecule has 9 aliphatic carbocycles. The summed E-state index contributed by atoms with van der Waals surface area (Å²) in [5.74, 6) is 8.57. The monoisotopic (exact) mass is 436 g/mol. The van der Waals surface area contributed by atoms with Crippen LogP contribution in [-0.4, -0.2) is 22.7 Å². The standard InChI is InChI=1S/C28H44N4/c29-25(31-27-11-17-5-18(12-27)7-19(6-17)13-27)23-1-2-24(4-3-23)26(30)32-28-14-20-8-21(15-28)10-22(9-20)16-28/h17-24H,1-16H2,(H2,29,31)(H2,30,32). The van der Waals surface area contributed by atoms with Crippen molar-refractivity contribution in [3.63, 3.8) is 0 Å². The molecule has 0 aliphatic heterocycles. The van der Waals surface area contributed by atoms with E-state index in [2.05, 4.69) is 0 Å². The van der Waals surface area contributed by atoms with Gasteiger partial charge in [0.1, 0.15) is 0 Å². The summed E-state index contributed by atoms with van der Waals surface area (Å²) in [4.78, 5) is 10.7. The summed E-state index contributed by atoms with van der Waals surface area (Å²) in [7, 11) is 0. The van der Waals surface area contributed by atoms with Gasteiger partial charge in [-0.05, 0) is 138 Å². The van der Waals surface area contributed by atoms with Crippen LogP contribution in [0.1, 0.15) is 103 Å². The highest BCUT2D eigenvalue weighted by Gasteiger charge is 2.52. The van der Waals surface area contributed by atoms with E-state index in [9.17, 15) is 0 Å². The van der Waals surface area contributed by atoms with Crippen LogP contribution in [0.15, 0.2) is 9.98 Å². The minimum absolute atomic E-state index is 0.217. The Labute approximate surface area is 194 Å². The second-order valence-electron chi connectivity index (χ2n) is 13.9. The molecule has 0 spiro atoms. The molecular formula is C28H44N4. The largest absolute Gasteiger partial charge is 0.387 e. The molecule has 0 aromatic carbocycles. The van der Waals surface area contributed by atoms with Gasteiger partial charge in [0.15, 0.2) is 0 Å². The second kappa shape index (κ2) is 7.22. The molecule has 0 aromatic rings. The molecule has 9 aliphatic rings. The molecule has 0 aromatic heterocycles. The van der Waals surface area contributed by atoms with Crippen molar-refractivity contribution in [3.8, 4) is 0 Å². The average molecular weight is 437 g/mol. The van der Waals surface area contributed by atoms with Crippen molar-refractivity contribution < 1.29 is 0 Å². The van der Waals surface area contributed by atoms with Gasteiger partial charge in [-0.15, -0.1) is 0 Å². The van der Waals surface area contributed by atoms with Gasteiger partial charge in [0, 0.05) is 11.8 Å². The van der Waals surface area contributed by atoms with E-state index < -0.39 is 0 Å². The smallest absolute Gasteiger partial charge is 0.0975 e. The van der Waals surface area contributed by atoms with Gasteiger partial charge in [-0.2, -0.15) is 0 Å². The number of amidine groups is 2. The summed E-state index contributed by atoms with van der Waals surface area (Å²) < 4.78 is 0.